The summed E-state index contributed by atoms with van der Waals surface area (Å²) in [6.45, 7) is 0. The molecule has 0 aromatic heterocycles. The highest BCUT2D eigenvalue weighted by Gasteiger charge is 2.01. The van der Waals surface area contributed by atoms with E-state index >= 15 is 0 Å². The van der Waals surface area contributed by atoms with Crippen LogP contribution in [-0.4, -0.2) is 5.91 Å². The van der Waals surface area contributed by atoms with E-state index in [1.54, 1.807) is 23.9 Å². The van der Waals surface area contributed by atoms with Crippen LogP contribution in [0.4, 0.5) is 0 Å². The van der Waals surface area contributed by atoms with E-state index < -0.39 is 5.91 Å². The molecular formula is C13H9ClNOS. The third-order valence-corrected chi connectivity index (χ3v) is 3.43. The summed E-state index contributed by atoms with van der Waals surface area (Å²) in [5.41, 5.74) is 7.38. The first-order valence-electron chi connectivity index (χ1n) is 4.94. The summed E-state index contributed by atoms with van der Waals surface area (Å²) in [6, 6.07) is 14.5. The smallest absolute Gasteiger partial charge is 0.267 e. The summed E-state index contributed by atoms with van der Waals surface area (Å²) in [7, 11) is 0. The molecule has 0 atom stereocenters. The molecule has 4 heteroatoms. The zero-order valence-corrected chi connectivity index (χ0v) is 10.4. The fourth-order valence-corrected chi connectivity index (χ4v) is 2.26. The molecule has 0 aliphatic carbocycles. The van der Waals surface area contributed by atoms with Gasteiger partial charge in [0.1, 0.15) is 0 Å². The van der Waals surface area contributed by atoms with Crippen molar-refractivity contribution in [1.29, 1.82) is 0 Å². The fraction of sp³-hybridized carbons (Fsp3) is 0. The highest BCUT2D eigenvalue weighted by Crippen LogP contribution is 2.28. The quantitative estimate of drug-likeness (QED) is 0.841. The van der Waals surface area contributed by atoms with E-state index in [9.17, 15) is 4.79 Å². The number of amides is 1. The third kappa shape index (κ3) is 3.25. The Morgan fingerprint density at radius 1 is 0.941 bits per heavy atom. The number of hydrogen-bond donors (Lipinski definition) is 0. The van der Waals surface area contributed by atoms with Crippen molar-refractivity contribution in [3.05, 3.63) is 59.1 Å². The van der Waals surface area contributed by atoms with Gasteiger partial charge in [-0.2, -0.15) is 0 Å². The van der Waals surface area contributed by atoms with E-state index in [1.807, 2.05) is 36.4 Å². The van der Waals surface area contributed by atoms with E-state index in [0.29, 0.717) is 10.6 Å². The summed E-state index contributed by atoms with van der Waals surface area (Å²) in [6.07, 6.45) is 0. The minimum Gasteiger partial charge on any atom is -0.267 e. The lowest BCUT2D eigenvalue weighted by atomic mass is 10.2. The lowest BCUT2D eigenvalue weighted by molar-refractivity contribution is 0.0992. The molecule has 2 nitrogen and oxygen atoms in total. The first kappa shape index (κ1) is 12.0. The molecule has 0 heterocycles. The highest BCUT2D eigenvalue weighted by molar-refractivity contribution is 7.99. The van der Waals surface area contributed by atoms with Crippen molar-refractivity contribution in [1.82, 2.24) is 5.73 Å². The van der Waals surface area contributed by atoms with E-state index in [2.05, 4.69) is 0 Å². The summed E-state index contributed by atoms with van der Waals surface area (Å²) in [5.74, 6) is -0.659. The maximum atomic E-state index is 10.8. The van der Waals surface area contributed by atoms with Crippen LogP contribution < -0.4 is 5.73 Å². The van der Waals surface area contributed by atoms with Crippen molar-refractivity contribution < 1.29 is 4.79 Å². The fourth-order valence-electron chi connectivity index (χ4n) is 1.31. The zero-order valence-electron chi connectivity index (χ0n) is 8.81. The normalized spacial score (nSPS) is 10.2. The predicted octanol–water partition coefficient (Wildman–Crippen LogP) is 3.91. The van der Waals surface area contributed by atoms with Gasteiger partial charge in [0.2, 0.25) is 0 Å². The maximum absolute atomic E-state index is 10.8. The Balaban J connectivity index is 2.13. The highest BCUT2D eigenvalue weighted by atomic mass is 35.5. The van der Waals surface area contributed by atoms with Gasteiger partial charge in [0.25, 0.3) is 5.91 Å². The number of benzene rings is 2. The van der Waals surface area contributed by atoms with Gasteiger partial charge in [0, 0.05) is 20.4 Å². The molecule has 0 bridgehead atoms. The molecule has 2 aromatic carbocycles. The first-order chi connectivity index (χ1) is 8.15. The molecule has 17 heavy (non-hydrogen) atoms. The van der Waals surface area contributed by atoms with Crippen LogP contribution in [0.15, 0.2) is 58.3 Å². The number of halogens is 1. The van der Waals surface area contributed by atoms with E-state index in [-0.39, 0.29) is 0 Å². The van der Waals surface area contributed by atoms with Gasteiger partial charge in [-0.3, -0.25) is 10.5 Å². The summed E-state index contributed by atoms with van der Waals surface area (Å²) in [5, 5.41) is 0.713. The monoisotopic (exact) mass is 262 g/mol. The van der Waals surface area contributed by atoms with Gasteiger partial charge in [0.15, 0.2) is 0 Å². The van der Waals surface area contributed by atoms with E-state index in [4.69, 9.17) is 17.3 Å². The molecule has 85 valence electrons. The number of carbonyl (C=O) groups is 1. The minimum atomic E-state index is -0.659. The largest absolute Gasteiger partial charge is 0.269 e. The minimum absolute atomic E-state index is 0.408. The number of rotatable bonds is 3. The van der Waals surface area contributed by atoms with Crippen molar-refractivity contribution >= 4 is 29.3 Å². The van der Waals surface area contributed by atoms with Crippen LogP contribution in [0, 0.1) is 0 Å². The Hall–Kier alpha value is -1.45. The molecule has 0 spiro atoms. The molecule has 0 aliphatic heterocycles. The van der Waals surface area contributed by atoms with Gasteiger partial charge in [-0.15, -0.1) is 0 Å². The van der Waals surface area contributed by atoms with Crippen LogP contribution in [0.25, 0.3) is 0 Å². The molecule has 2 aromatic rings. The average molecular weight is 263 g/mol. The van der Waals surface area contributed by atoms with Gasteiger partial charge in [-0.05, 0) is 48.5 Å². The van der Waals surface area contributed by atoms with Crippen LogP contribution >= 0.6 is 23.4 Å². The van der Waals surface area contributed by atoms with Crippen molar-refractivity contribution in [2.75, 3.05) is 0 Å². The lowest BCUT2D eigenvalue weighted by Crippen LogP contribution is -1.97. The lowest BCUT2D eigenvalue weighted by Gasteiger charge is -2.02. The van der Waals surface area contributed by atoms with Crippen LogP contribution in [0.5, 0.6) is 0 Å². The molecular weight excluding hydrogens is 254 g/mol. The molecule has 0 saturated heterocycles. The van der Waals surface area contributed by atoms with Gasteiger partial charge in [-0.1, -0.05) is 23.4 Å². The predicted molar refractivity (Wildman–Crippen MR) is 69.4 cm³/mol. The number of hydrogen-bond acceptors (Lipinski definition) is 2. The molecule has 1 radical (unpaired) electrons. The topological polar surface area (TPSA) is 40.9 Å². The Labute approximate surface area is 109 Å². The number of carbonyl (C=O) groups excluding carboxylic acids is 1. The molecule has 1 amide bonds. The van der Waals surface area contributed by atoms with E-state index in [1.165, 1.54) is 0 Å². The molecule has 0 aliphatic rings. The zero-order chi connectivity index (χ0) is 12.3. The van der Waals surface area contributed by atoms with Crippen LogP contribution in [0.2, 0.25) is 5.02 Å². The Bertz CT molecular complexity index is 522. The van der Waals surface area contributed by atoms with Crippen LogP contribution in [0.3, 0.4) is 0 Å². The standard InChI is InChI=1S/C13H9ClNOS/c14-10-3-7-12(8-4-10)17-11-5-1-9(2-6-11)13(15)16/h1-8,15H. The third-order valence-electron chi connectivity index (χ3n) is 2.17. The van der Waals surface area contributed by atoms with Crippen molar-refractivity contribution in [3.63, 3.8) is 0 Å². The second-order valence-electron chi connectivity index (χ2n) is 3.41. The van der Waals surface area contributed by atoms with Gasteiger partial charge < -0.3 is 0 Å². The second-order valence-corrected chi connectivity index (χ2v) is 4.99. The van der Waals surface area contributed by atoms with Crippen molar-refractivity contribution in [2.45, 2.75) is 9.79 Å². The Morgan fingerprint density at radius 2 is 1.41 bits per heavy atom. The maximum Gasteiger partial charge on any atom is 0.269 e. The molecule has 0 fully saturated rings. The summed E-state index contributed by atoms with van der Waals surface area (Å²) in [4.78, 5) is 12.9. The van der Waals surface area contributed by atoms with Crippen molar-refractivity contribution in [2.24, 2.45) is 0 Å². The summed E-state index contributed by atoms with van der Waals surface area (Å²) < 4.78 is 0. The SMILES string of the molecule is [NH]C(=O)c1ccc(Sc2ccc(Cl)cc2)cc1. The first-order valence-corrected chi connectivity index (χ1v) is 6.14. The summed E-state index contributed by atoms with van der Waals surface area (Å²) >= 11 is 7.39. The van der Waals surface area contributed by atoms with Gasteiger partial charge in [-0.25, -0.2) is 0 Å². The Kier molecular flexibility index (Phi) is 3.71. The second kappa shape index (κ2) is 5.25. The average Bonchev–Trinajstić information content (AvgIpc) is 2.33. The van der Waals surface area contributed by atoms with Crippen LogP contribution in [0.1, 0.15) is 10.4 Å². The number of nitrogens with one attached hydrogen (secondary N) is 1. The molecule has 1 N–H and O–H groups in total. The van der Waals surface area contributed by atoms with Gasteiger partial charge >= 0.3 is 0 Å². The van der Waals surface area contributed by atoms with E-state index in [0.717, 1.165) is 9.79 Å². The van der Waals surface area contributed by atoms with Crippen molar-refractivity contribution in [3.8, 4) is 0 Å². The Morgan fingerprint density at radius 3 is 1.88 bits per heavy atom. The van der Waals surface area contributed by atoms with Gasteiger partial charge in [0.05, 0.1) is 0 Å². The molecule has 2 rings (SSSR count). The molecule has 0 unspecified atom stereocenters. The molecule has 0 saturated carbocycles. The van der Waals surface area contributed by atoms with Crippen LogP contribution in [-0.2, 0) is 0 Å².